The Kier molecular flexibility index (Phi) is 5.53. The number of H-pyrrole nitrogens is 2. The highest BCUT2D eigenvalue weighted by Crippen LogP contribution is 2.35. The van der Waals surface area contributed by atoms with Crippen molar-refractivity contribution in [1.29, 1.82) is 0 Å². The monoisotopic (exact) mass is 437 g/mol. The van der Waals surface area contributed by atoms with E-state index in [1.54, 1.807) is 24.5 Å². The average Bonchev–Trinajstić information content (AvgIpc) is 3.46. The van der Waals surface area contributed by atoms with Gasteiger partial charge in [0.25, 0.3) is 0 Å². The Labute approximate surface area is 183 Å². The number of nitrogens with zero attached hydrogens (tertiary/aromatic N) is 3. The molecule has 5 nitrogen and oxygen atoms in total. The summed E-state index contributed by atoms with van der Waals surface area (Å²) in [5.41, 5.74) is 4.42. The molecule has 2 aromatic heterocycles. The molecular weight excluding hydrogens is 415 g/mol. The first-order valence-corrected chi connectivity index (χ1v) is 10.6. The zero-order valence-electron chi connectivity index (χ0n) is 17.3. The van der Waals surface area contributed by atoms with Crippen molar-refractivity contribution in [2.45, 2.75) is 25.3 Å². The molecule has 1 atom stereocenters. The highest BCUT2D eigenvalue weighted by Gasteiger charge is 2.27. The molecule has 164 valence electrons. The molecule has 32 heavy (non-hydrogen) atoms. The largest absolute Gasteiger partial charge is 0.298 e. The van der Waals surface area contributed by atoms with Crippen molar-refractivity contribution >= 4 is 0 Å². The Hall–Kier alpha value is -3.39. The molecule has 5 rings (SSSR count). The molecule has 0 spiro atoms. The number of benzene rings is 2. The molecule has 1 unspecified atom stereocenters. The van der Waals surface area contributed by atoms with Crippen LogP contribution in [-0.2, 0) is 6.54 Å². The van der Waals surface area contributed by atoms with E-state index in [0.717, 1.165) is 60.6 Å². The standard InChI is InChI=1S/C24H22F3N5/c25-18-5-3-15(4-6-18)23-17(11-28-30-23)14-32-9-1-2-16(13-32)24-21(12-29-31-24)20-10-19(26)7-8-22(20)27/h3-8,10-12,16H,1-2,9,13-14H2,(H,28,30)(H,29,31). The van der Waals surface area contributed by atoms with E-state index >= 15 is 0 Å². The first kappa shape index (κ1) is 20.5. The molecule has 2 N–H and O–H groups in total. The SMILES string of the molecule is Fc1ccc(-c2[nH]ncc2CN2CCCC(c3[nH]ncc3-c3cc(F)ccc3F)C2)cc1. The number of rotatable bonds is 5. The van der Waals surface area contributed by atoms with E-state index < -0.39 is 11.6 Å². The van der Waals surface area contributed by atoms with Gasteiger partial charge < -0.3 is 0 Å². The Morgan fingerprint density at radius 2 is 1.69 bits per heavy atom. The second-order valence-electron chi connectivity index (χ2n) is 8.17. The van der Waals surface area contributed by atoms with Gasteiger partial charge >= 0.3 is 0 Å². The van der Waals surface area contributed by atoms with Crippen molar-refractivity contribution in [3.63, 3.8) is 0 Å². The zero-order valence-corrected chi connectivity index (χ0v) is 17.3. The fourth-order valence-corrected chi connectivity index (χ4v) is 4.50. The van der Waals surface area contributed by atoms with Crippen LogP contribution in [0.3, 0.4) is 0 Å². The number of halogens is 3. The molecule has 0 bridgehead atoms. The number of aromatic nitrogens is 4. The van der Waals surface area contributed by atoms with Crippen molar-refractivity contribution in [1.82, 2.24) is 25.3 Å². The first-order chi connectivity index (χ1) is 15.6. The maximum Gasteiger partial charge on any atom is 0.131 e. The topological polar surface area (TPSA) is 60.6 Å². The van der Waals surface area contributed by atoms with Crippen LogP contribution in [0.2, 0.25) is 0 Å². The van der Waals surface area contributed by atoms with Gasteiger partial charge in [-0.1, -0.05) is 0 Å². The van der Waals surface area contributed by atoms with Gasteiger partial charge in [-0.05, 0) is 61.9 Å². The Morgan fingerprint density at radius 3 is 2.53 bits per heavy atom. The van der Waals surface area contributed by atoms with Gasteiger partial charge in [0.1, 0.15) is 17.5 Å². The molecule has 1 fully saturated rings. The predicted molar refractivity (Wildman–Crippen MR) is 115 cm³/mol. The maximum atomic E-state index is 14.4. The Balaban J connectivity index is 1.36. The van der Waals surface area contributed by atoms with Crippen LogP contribution in [0.1, 0.15) is 30.0 Å². The van der Waals surface area contributed by atoms with Crippen LogP contribution >= 0.6 is 0 Å². The van der Waals surface area contributed by atoms with Crippen LogP contribution in [0.25, 0.3) is 22.4 Å². The molecular formula is C24H22F3N5. The molecule has 8 heteroatoms. The molecule has 0 aliphatic carbocycles. The second-order valence-corrected chi connectivity index (χ2v) is 8.17. The summed E-state index contributed by atoms with van der Waals surface area (Å²) < 4.78 is 41.4. The van der Waals surface area contributed by atoms with Crippen LogP contribution in [0.15, 0.2) is 54.9 Å². The zero-order chi connectivity index (χ0) is 22.1. The molecule has 3 heterocycles. The van der Waals surface area contributed by atoms with Crippen molar-refractivity contribution in [2.24, 2.45) is 0 Å². The maximum absolute atomic E-state index is 14.4. The van der Waals surface area contributed by atoms with Gasteiger partial charge in [-0.15, -0.1) is 0 Å². The molecule has 1 aliphatic rings. The lowest BCUT2D eigenvalue weighted by atomic mass is 9.90. The van der Waals surface area contributed by atoms with E-state index in [2.05, 4.69) is 25.3 Å². The Morgan fingerprint density at radius 1 is 0.906 bits per heavy atom. The summed E-state index contributed by atoms with van der Waals surface area (Å²) in [6.07, 6.45) is 5.26. The summed E-state index contributed by atoms with van der Waals surface area (Å²) >= 11 is 0. The van der Waals surface area contributed by atoms with Crippen molar-refractivity contribution in [3.05, 3.63) is 83.6 Å². The van der Waals surface area contributed by atoms with E-state index in [0.29, 0.717) is 12.1 Å². The van der Waals surface area contributed by atoms with Crippen molar-refractivity contribution in [2.75, 3.05) is 13.1 Å². The molecule has 1 aliphatic heterocycles. The van der Waals surface area contributed by atoms with Gasteiger partial charge in [-0.2, -0.15) is 10.2 Å². The lowest BCUT2D eigenvalue weighted by molar-refractivity contribution is 0.199. The fraction of sp³-hybridized carbons (Fsp3) is 0.250. The lowest BCUT2D eigenvalue weighted by Gasteiger charge is -2.32. The molecule has 0 saturated carbocycles. The highest BCUT2D eigenvalue weighted by molar-refractivity contribution is 5.67. The van der Waals surface area contributed by atoms with E-state index in [9.17, 15) is 13.2 Å². The van der Waals surface area contributed by atoms with Gasteiger partial charge in [-0.25, -0.2) is 13.2 Å². The predicted octanol–water partition coefficient (Wildman–Crippen LogP) is 5.26. The molecule has 0 amide bonds. The van der Waals surface area contributed by atoms with Crippen LogP contribution in [-0.4, -0.2) is 38.4 Å². The first-order valence-electron chi connectivity index (χ1n) is 10.6. The summed E-state index contributed by atoms with van der Waals surface area (Å²) in [7, 11) is 0. The quantitative estimate of drug-likeness (QED) is 0.448. The summed E-state index contributed by atoms with van der Waals surface area (Å²) in [5, 5.41) is 14.4. The van der Waals surface area contributed by atoms with Crippen molar-refractivity contribution in [3.8, 4) is 22.4 Å². The van der Waals surface area contributed by atoms with Crippen LogP contribution in [0, 0.1) is 17.5 Å². The average molecular weight is 437 g/mol. The van der Waals surface area contributed by atoms with Crippen LogP contribution in [0.5, 0.6) is 0 Å². The number of likely N-dealkylation sites (tertiary alicyclic amines) is 1. The summed E-state index contributed by atoms with van der Waals surface area (Å²) in [4.78, 5) is 2.32. The molecule has 0 radical (unpaired) electrons. The van der Waals surface area contributed by atoms with Gasteiger partial charge in [0.2, 0.25) is 0 Å². The number of piperidine rings is 1. The minimum absolute atomic E-state index is 0.116. The third-order valence-electron chi connectivity index (χ3n) is 6.05. The van der Waals surface area contributed by atoms with E-state index in [-0.39, 0.29) is 17.3 Å². The number of nitrogens with one attached hydrogen (secondary N) is 2. The van der Waals surface area contributed by atoms with Crippen LogP contribution < -0.4 is 0 Å². The van der Waals surface area contributed by atoms with Gasteiger partial charge in [-0.3, -0.25) is 15.1 Å². The third-order valence-corrected chi connectivity index (χ3v) is 6.05. The van der Waals surface area contributed by atoms with Gasteiger partial charge in [0.05, 0.1) is 18.1 Å². The fourth-order valence-electron chi connectivity index (χ4n) is 4.50. The molecule has 1 saturated heterocycles. The number of hydrogen-bond acceptors (Lipinski definition) is 3. The summed E-state index contributed by atoms with van der Waals surface area (Å²) in [6.45, 7) is 2.35. The number of hydrogen-bond donors (Lipinski definition) is 2. The lowest BCUT2D eigenvalue weighted by Crippen LogP contribution is -2.34. The van der Waals surface area contributed by atoms with E-state index in [1.807, 2.05) is 0 Å². The second kappa shape index (κ2) is 8.63. The molecule has 2 aromatic carbocycles. The summed E-state index contributed by atoms with van der Waals surface area (Å²) in [6, 6.07) is 9.80. The van der Waals surface area contributed by atoms with Crippen LogP contribution in [0.4, 0.5) is 13.2 Å². The normalized spacial score (nSPS) is 17.0. The third kappa shape index (κ3) is 4.05. The number of aromatic amines is 2. The molecule has 4 aromatic rings. The van der Waals surface area contributed by atoms with Gasteiger partial charge in [0, 0.05) is 47.0 Å². The summed E-state index contributed by atoms with van der Waals surface area (Å²) in [5.74, 6) is -1.11. The minimum atomic E-state index is -0.480. The van der Waals surface area contributed by atoms with E-state index in [1.165, 1.54) is 18.2 Å². The highest BCUT2D eigenvalue weighted by atomic mass is 19.1. The minimum Gasteiger partial charge on any atom is -0.298 e. The Bertz CT molecular complexity index is 1210. The smallest absolute Gasteiger partial charge is 0.131 e. The van der Waals surface area contributed by atoms with Gasteiger partial charge in [0.15, 0.2) is 0 Å². The van der Waals surface area contributed by atoms with Crippen molar-refractivity contribution < 1.29 is 13.2 Å². The van der Waals surface area contributed by atoms with E-state index in [4.69, 9.17) is 0 Å².